The lowest BCUT2D eigenvalue weighted by atomic mass is 10.1. The molecule has 0 spiro atoms. The number of methoxy groups -OCH3 is 1. The Morgan fingerprint density at radius 1 is 1.35 bits per heavy atom. The third-order valence-corrected chi connectivity index (χ3v) is 5.14. The van der Waals surface area contributed by atoms with E-state index in [1.165, 1.54) is 19.3 Å². The molecule has 0 heterocycles. The zero-order chi connectivity index (χ0) is 17.3. The average molecular weight is 347 g/mol. The first-order chi connectivity index (χ1) is 10.9. The number of rotatable bonds is 9. The molecule has 0 aromatic carbocycles. The topological polar surface area (TPSA) is 59.6 Å². The van der Waals surface area contributed by atoms with Gasteiger partial charge in [0.15, 0.2) is 0 Å². The number of hydrogen-bond acceptors (Lipinski definition) is 5. The fraction of sp³-hybridized carbons (Fsp3) is 0.941. The van der Waals surface area contributed by atoms with Gasteiger partial charge in [-0.05, 0) is 52.7 Å². The molecule has 0 radical (unpaired) electrons. The van der Waals surface area contributed by atoms with Gasteiger partial charge in [0.1, 0.15) is 5.60 Å². The van der Waals surface area contributed by atoms with Crippen LogP contribution in [0.4, 0.5) is 4.79 Å². The SMILES string of the molecule is COCC(CCCNC(=O)OC(C)(C)C)NC1CCCC1SC. The molecule has 1 fully saturated rings. The third kappa shape index (κ3) is 8.82. The van der Waals surface area contributed by atoms with E-state index in [9.17, 15) is 4.79 Å². The number of ether oxygens (including phenoxy) is 2. The normalized spacial score (nSPS) is 22.8. The molecular formula is C17H34N2O3S. The van der Waals surface area contributed by atoms with Gasteiger partial charge in [0.2, 0.25) is 0 Å². The maximum Gasteiger partial charge on any atom is 0.407 e. The summed E-state index contributed by atoms with van der Waals surface area (Å²) in [5.41, 5.74) is -0.445. The van der Waals surface area contributed by atoms with Crippen LogP contribution in [0.2, 0.25) is 0 Å². The standard InChI is InChI=1S/C17H34N2O3S/c1-17(2,3)22-16(20)18-11-7-8-13(12-21-4)19-14-9-6-10-15(14)23-5/h13-15,19H,6-12H2,1-5H3,(H,18,20). The van der Waals surface area contributed by atoms with Crippen LogP contribution in [0.3, 0.4) is 0 Å². The van der Waals surface area contributed by atoms with Gasteiger partial charge in [-0.25, -0.2) is 4.79 Å². The van der Waals surface area contributed by atoms with E-state index in [0.29, 0.717) is 30.5 Å². The summed E-state index contributed by atoms with van der Waals surface area (Å²) in [6.07, 6.45) is 7.62. The van der Waals surface area contributed by atoms with Crippen LogP contribution in [0, 0.1) is 0 Å². The predicted molar refractivity (Wildman–Crippen MR) is 97.2 cm³/mol. The van der Waals surface area contributed by atoms with E-state index in [0.717, 1.165) is 12.8 Å². The number of amides is 1. The second-order valence-corrected chi connectivity index (χ2v) is 8.28. The van der Waals surface area contributed by atoms with Crippen molar-refractivity contribution >= 4 is 17.9 Å². The first-order valence-electron chi connectivity index (χ1n) is 8.60. The molecule has 0 bridgehead atoms. The highest BCUT2D eigenvalue weighted by molar-refractivity contribution is 7.99. The van der Waals surface area contributed by atoms with Crippen LogP contribution in [0.15, 0.2) is 0 Å². The molecule has 1 aliphatic carbocycles. The highest BCUT2D eigenvalue weighted by Gasteiger charge is 2.28. The van der Waals surface area contributed by atoms with Crippen LogP contribution in [-0.2, 0) is 9.47 Å². The van der Waals surface area contributed by atoms with Gasteiger partial charge < -0.3 is 20.1 Å². The molecule has 23 heavy (non-hydrogen) atoms. The lowest BCUT2D eigenvalue weighted by Crippen LogP contribution is -2.44. The molecule has 6 heteroatoms. The number of alkyl carbamates (subject to hydrolysis) is 1. The molecule has 3 unspecified atom stereocenters. The molecule has 0 aromatic rings. The number of thioether (sulfide) groups is 1. The first-order valence-corrected chi connectivity index (χ1v) is 9.89. The van der Waals surface area contributed by atoms with Crippen molar-refractivity contribution in [2.75, 3.05) is 26.5 Å². The molecule has 1 saturated carbocycles. The van der Waals surface area contributed by atoms with Crippen molar-refractivity contribution < 1.29 is 14.3 Å². The lowest BCUT2D eigenvalue weighted by Gasteiger charge is -2.26. The maximum absolute atomic E-state index is 11.6. The molecule has 5 nitrogen and oxygen atoms in total. The van der Waals surface area contributed by atoms with Crippen LogP contribution >= 0.6 is 11.8 Å². The van der Waals surface area contributed by atoms with Crippen molar-refractivity contribution in [2.24, 2.45) is 0 Å². The summed E-state index contributed by atoms with van der Waals surface area (Å²) in [6.45, 7) is 6.95. The second kappa shape index (κ2) is 10.4. The quantitative estimate of drug-likeness (QED) is 0.628. The van der Waals surface area contributed by atoms with Crippen molar-refractivity contribution in [3.8, 4) is 0 Å². The number of hydrogen-bond donors (Lipinski definition) is 2. The zero-order valence-electron chi connectivity index (χ0n) is 15.3. The summed E-state index contributed by atoms with van der Waals surface area (Å²) in [5.74, 6) is 0. The lowest BCUT2D eigenvalue weighted by molar-refractivity contribution is 0.0526. The Morgan fingerprint density at radius 3 is 2.70 bits per heavy atom. The monoisotopic (exact) mass is 346 g/mol. The summed E-state index contributed by atoms with van der Waals surface area (Å²) in [6, 6.07) is 0.933. The smallest absolute Gasteiger partial charge is 0.407 e. The first kappa shape index (κ1) is 20.6. The summed E-state index contributed by atoms with van der Waals surface area (Å²) < 4.78 is 10.6. The Labute approximate surface area is 145 Å². The Balaban J connectivity index is 2.26. The Bertz CT molecular complexity index is 347. The van der Waals surface area contributed by atoms with E-state index in [2.05, 4.69) is 16.9 Å². The molecule has 3 atom stereocenters. The van der Waals surface area contributed by atoms with Gasteiger partial charge in [-0.1, -0.05) is 6.42 Å². The van der Waals surface area contributed by atoms with Crippen LogP contribution < -0.4 is 10.6 Å². The number of carbonyl (C=O) groups excluding carboxylic acids is 1. The van der Waals surface area contributed by atoms with E-state index in [1.54, 1.807) is 7.11 Å². The van der Waals surface area contributed by atoms with Gasteiger partial charge in [-0.2, -0.15) is 11.8 Å². The summed E-state index contributed by atoms with van der Waals surface area (Å²) in [7, 11) is 1.74. The minimum atomic E-state index is -0.445. The van der Waals surface area contributed by atoms with Crippen molar-refractivity contribution in [2.45, 2.75) is 75.8 Å². The fourth-order valence-electron chi connectivity index (χ4n) is 2.97. The fourth-order valence-corrected chi connectivity index (χ4v) is 3.92. The molecule has 0 saturated heterocycles. The highest BCUT2D eigenvalue weighted by atomic mass is 32.2. The minimum absolute atomic E-state index is 0.341. The summed E-state index contributed by atoms with van der Waals surface area (Å²) in [5, 5.41) is 7.29. The second-order valence-electron chi connectivity index (χ2n) is 7.20. The zero-order valence-corrected chi connectivity index (χ0v) is 16.1. The number of carbonyl (C=O) groups is 1. The van der Waals surface area contributed by atoms with Crippen LogP contribution in [0.1, 0.15) is 52.9 Å². The van der Waals surface area contributed by atoms with Crippen molar-refractivity contribution in [3.05, 3.63) is 0 Å². The van der Waals surface area contributed by atoms with E-state index in [4.69, 9.17) is 9.47 Å². The molecule has 1 aliphatic rings. The summed E-state index contributed by atoms with van der Waals surface area (Å²) in [4.78, 5) is 11.6. The van der Waals surface area contributed by atoms with Crippen LogP contribution in [-0.4, -0.2) is 55.5 Å². The molecule has 0 aliphatic heterocycles. The summed E-state index contributed by atoms with van der Waals surface area (Å²) >= 11 is 1.96. The Kier molecular flexibility index (Phi) is 9.32. The molecular weight excluding hydrogens is 312 g/mol. The van der Waals surface area contributed by atoms with Crippen molar-refractivity contribution in [1.82, 2.24) is 10.6 Å². The van der Waals surface area contributed by atoms with E-state index < -0.39 is 5.60 Å². The van der Waals surface area contributed by atoms with E-state index in [-0.39, 0.29) is 6.09 Å². The average Bonchev–Trinajstić information content (AvgIpc) is 2.89. The number of nitrogens with one attached hydrogen (secondary N) is 2. The van der Waals surface area contributed by atoms with Gasteiger partial charge in [-0.15, -0.1) is 0 Å². The van der Waals surface area contributed by atoms with Gasteiger partial charge in [0, 0.05) is 31.0 Å². The molecule has 2 N–H and O–H groups in total. The van der Waals surface area contributed by atoms with Gasteiger partial charge in [0.05, 0.1) is 6.61 Å². The van der Waals surface area contributed by atoms with Gasteiger partial charge in [-0.3, -0.25) is 0 Å². The van der Waals surface area contributed by atoms with Gasteiger partial charge >= 0.3 is 6.09 Å². The predicted octanol–water partition coefficient (Wildman–Crippen LogP) is 3.18. The van der Waals surface area contributed by atoms with Gasteiger partial charge in [0.25, 0.3) is 0 Å². The minimum Gasteiger partial charge on any atom is -0.444 e. The van der Waals surface area contributed by atoms with Crippen LogP contribution in [0.5, 0.6) is 0 Å². The molecule has 0 aromatic heterocycles. The highest BCUT2D eigenvalue weighted by Crippen LogP contribution is 2.28. The molecule has 136 valence electrons. The Hall–Kier alpha value is -0.460. The van der Waals surface area contributed by atoms with Crippen molar-refractivity contribution in [1.29, 1.82) is 0 Å². The largest absolute Gasteiger partial charge is 0.444 e. The van der Waals surface area contributed by atoms with Crippen LogP contribution in [0.25, 0.3) is 0 Å². The molecule has 1 amide bonds. The van der Waals surface area contributed by atoms with E-state index in [1.807, 2.05) is 32.5 Å². The molecule has 1 rings (SSSR count). The van der Waals surface area contributed by atoms with E-state index >= 15 is 0 Å². The Morgan fingerprint density at radius 2 is 2.09 bits per heavy atom. The van der Waals surface area contributed by atoms with Crippen molar-refractivity contribution in [3.63, 3.8) is 0 Å². The third-order valence-electron chi connectivity index (χ3n) is 3.97. The maximum atomic E-state index is 11.6.